The second-order valence-electron chi connectivity index (χ2n) is 10.5. The van der Waals surface area contributed by atoms with Gasteiger partial charge < -0.3 is 9.84 Å². The Bertz CT molecular complexity index is 1960. The number of Topliss-reactive ketones (excluding diaryl/α,β-unsaturated/α-hetero) is 1. The van der Waals surface area contributed by atoms with Gasteiger partial charge in [0, 0.05) is 22.3 Å². The monoisotopic (exact) mass is 570 g/mol. The van der Waals surface area contributed by atoms with E-state index in [4.69, 9.17) is 9.15 Å². The second-order valence-corrected chi connectivity index (χ2v) is 10.5. The van der Waals surface area contributed by atoms with Gasteiger partial charge in [-0.1, -0.05) is 115 Å². The van der Waals surface area contributed by atoms with Crippen LogP contribution in [0.1, 0.15) is 16.9 Å². The Hall–Kier alpha value is -6.00. The maximum atomic E-state index is 13.4. The molecule has 0 radical (unpaired) electrons. The van der Waals surface area contributed by atoms with Gasteiger partial charge in [-0.25, -0.2) is 4.42 Å². The van der Waals surface area contributed by atoms with E-state index in [9.17, 15) is 9.90 Å². The van der Waals surface area contributed by atoms with Gasteiger partial charge >= 0.3 is 11.5 Å². The largest absolute Gasteiger partial charge is 0.871 e. The fourth-order valence-electron chi connectivity index (χ4n) is 5.25. The molecule has 1 aromatic heterocycles. The summed E-state index contributed by atoms with van der Waals surface area (Å²) in [6.07, 6.45) is 6.89. The number of carbonyl (C=O) groups is 1. The van der Waals surface area contributed by atoms with Gasteiger partial charge in [0.2, 0.25) is 0 Å². The topological polar surface area (TPSA) is 60.7 Å². The minimum Gasteiger partial charge on any atom is -0.871 e. The number of hydrogen-bond acceptors (Lipinski definition) is 3. The van der Waals surface area contributed by atoms with Crippen molar-refractivity contribution < 1.29 is 19.1 Å². The van der Waals surface area contributed by atoms with Crippen LogP contribution in [0.3, 0.4) is 0 Å². The molecule has 2 aliphatic rings. The standard InChI is InChI=1S/C40H26O4/c41-39-35(25-33-21-31(27-13-5-1-6-14-27)23-37(43-33)29-17-9-3-10-18-29)40(42)36(39)26-34-22-32(28-15-7-2-8-16-28)24-38(44-34)30-19-11-4-12-20-30/h1-26H. The first-order valence-electron chi connectivity index (χ1n) is 14.3. The van der Waals surface area contributed by atoms with E-state index in [1.807, 2.05) is 146 Å². The van der Waals surface area contributed by atoms with E-state index in [1.165, 1.54) is 12.2 Å². The Kier molecular flexibility index (Phi) is 7.15. The van der Waals surface area contributed by atoms with Gasteiger partial charge in [0.1, 0.15) is 11.5 Å². The molecule has 0 spiro atoms. The van der Waals surface area contributed by atoms with Crippen LogP contribution >= 0.6 is 0 Å². The van der Waals surface area contributed by atoms with E-state index in [0.717, 1.165) is 33.4 Å². The molecule has 7 rings (SSSR count). The van der Waals surface area contributed by atoms with Crippen LogP contribution < -0.4 is 5.11 Å². The van der Waals surface area contributed by atoms with Crippen molar-refractivity contribution in [2.45, 2.75) is 0 Å². The molecule has 210 valence electrons. The zero-order valence-electron chi connectivity index (χ0n) is 23.6. The van der Waals surface area contributed by atoms with E-state index in [-0.39, 0.29) is 22.7 Å². The zero-order chi connectivity index (χ0) is 29.9. The lowest BCUT2D eigenvalue weighted by Crippen LogP contribution is -2.29. The van der Waals surface area contributed by atoms with Gasteiger partial charge in [0.05, 0.1) is 23.8 Å². The Morgan fingerprint density at radius 1 is 0.591 bits per heavy atom. The SMILES string of the molecule is O=C1C(=Cc2cc(-c3ccccc3)cc(-c3ccccc3)[o+]2)C([O-])=C1C=C1C=C(c2ccccc2)C=C(c2ccccc2)O1. The van der Waals surface area contributed by atoms with Crippen molar-refractivity contribution in [3.8, 4) is 22.5 Å². The summed E-state index contributed by atoms with van der Waals surface area (Å²) in [5.74, 6) is 1.42. The molecule has 44 heavy (non-hydrogen) atoms. The van der Waals surface area contributed by atoms with Gasteiger partial charge in [-0.2, -0.15) is 0 Å². The molecule has 0 N–H and O–H groups in total. The van der Waals surface area contributed by atoms with Gasteiger partial charge in [-0.3, -0.25) is 4.79 Å². The van der Waals surface area contributed by atoms with Crippen LogP contribution in [0.4, 0.5) is 0 Å². The third kappa shape index (κ3) is 5.44. The second kappa shape index (κ2) is 11.7. The molecular weight excluding hydrogens is 544 g/mol. The zero-order valence-corrected chi connectivity index (χ0v) is 23.6. The average Bonchev–Trinajstić information content (AvgIpc) is 3.10. The summed E-state index contributed by atoms with van der Waals surface area (Å²) in [6.45, 7) is 0. The Morgan fingerprint density at radius 2 is 1.16 bits per heavy atom. The van der Waals surface area contributed by atoms with Crippen molar-refractivity contribution in [3.05, 3.63) is 191 Å². The highest BCUT2D eigenvalue weighted by molar-refractivity contribution is 6.23. The summed E-state index contributed by atoms with van der Waals surface area (Å²) < 4.78 is 12.4. The maximum absolute atomic E-state index is 13.4. The van der Waals surface area contributed by atoms with Crippen LogP contribution in [-0.2, 0) is 9.53 Å². The summed E-state index contributed by atoms with van der Waals surface area (Å²) in [6, 6.07) is 43.1. The summed E-state index contributed by atoms with van der Waals surface area (Å²) in [4.78, 5) is 13.4. The van der Waals surface area contributed by atoms with Crippen LogP contribution in [0, 0.1) is 0 Å². The number of benzene rings is 4. The molecule has 4 nitrogen and oxygen atoms in total. The smallest absolute Gasteiger partial charge is 0.361 e. The molecule has 0 atom stereocenters. The number of ether oxygens (including phenoxy) is 1. The number of ketones is 1. The highest BCUT2D eigenvalue weighted by Crippen LogP contribution is 2.36. The molecule has 1 aliphatic carbocycles. The van der Waals surface area contributed by atoms with Crippen molar-refractivity contribution >= 4 is 23.2 Å². The van der Waals surface area contributed by atoms with Crippen molar-refractivity contribution in [1.82, 2.24) is 0 Å². The van der Waals surface area contributed by atoms with Gasteiger partial charge in [-0.05, 0) is 47.1 Å². The Morgan fingerprint density at radius 3 is 1.77 bits per heavy atom. The fourth-order valence-corrected chi connectivity index (χ4v) is 5.25. The van der Waals surface area contributed by atoms with E-state index < -0.39 is 0 Å². The van der Waals surface area contributed by atoms with Crippen molar-refractivity contribution in [1.29, 1.82) is 0 Å². The first-order valence-corrected chi connectivity index (χ1v) is 14.3. The van der Waals surface area contributed by atoms with Crippen molar-refractivity contribution in [2.75, 3.05) is 0 Å². The van der Waals surface area contributed by atoms with E-state index in [2.05, 4.69) is 0 Å². The van der Waals surface area contributed by atoms with E-state index in [0.29, 0.717) is 23.0 Å². The highest BCUT2D eigenvalue weighted by atomic mass is 16.5. The fraction of sp³-hybridized carbons (Fsp3) is 0. The molecule has 0 fully saturated rings. The molecule has 2 heterocycles. The molecule has 4 heteroatoms. The first-order chi connectivity index (χ1) is 21.6. The lowest BCUT2D eigenvalue weighted by atomic mass is 9.86. The Labute approximate surface area is 255 Å². The van der Waals surface area contributed by atoms with Gasteiger partial charge in [0.25, 0.3) is 0 Å². The highest BCUT2D eigenvalue weighted by Gasteiger charge is 2.29. The molecule has 0 bridgehead atoms. The molecule has 4 aromatic carbocycles. The quantitative estimate of drug-likeness (QED) is 0.152. The third-order valence-corrected chi connectivity index (χ3v) is 7.51. The van der Waals surface area contributed by atoms with Crippen LogP contribution in [-0.4, -0.2) is 5.78 Å². The first kappa shape index (κ1) is 26.9. The van der Waals surface area contributed by atoms with Crippen LogP contribution in [0.2, 0.25) is 0 Å². The predicted molar refractivity (Wildman–Crippen MR) is 172 cm³/mol. The predicted octanol–water partition coefficient (Wildman–Crippen LogP) is 8.51. The van der Waals surface area contributed by atoms with Gasteiger partial charge in [-0.15, -0.1) is 0 Å². The minimum absolute atomic E-state index is 0.0757. The number of carbonyl (C=O) groups excluding carboxylic acids is 1. The molecule has 0 saturated heterocycles. The lowest BCUT2D eigenvalue weighted by molar-refractivity contribution is -0.300. The average molecular weight is 571 g/mol. The normalized spacial score (nSPS) is 16.3. The van der Waals surface area contributed by atoms with Gasteiger partial charge in [0.15, 0.2) is 5.78 Å². The summed E-state index contributed by atoms with van der Waals surface area (Å²) in [7, 11) is 0. The van der Waals surface area contributed by atoms with Crippen molar-refractivity contribution in [3.63, 3.8) is 0 Å². The number of rotatable bonds is 6. The molecule has 0 amide bonds. The molecular formula is C40H26O4. The Balaban J connectivity index is 1.26. The number of hydrogen-bond donors (Lipinski definition) is 0. The van der Waals surface area contributed by atoms with Crippen molar-refractivity contribution in [2.24, 2.45) is 0 Å². The van der Waals surface area contributed by atoms with Crippen LogP contribution in [0.5, 0.6) is 0 Å². The summed E-state index contributed by atoms with van der Waals surface area (Å²) >= 11 is 0. The lowest BCUT2D eigenvalue weighted by Gasteiger charge is -2.28. The third-order valence-electron chi connectivity index (χ3n) is 7.51. The summed E-state index contributed by atoms with van der Waals surface area (Å²) in [5.41, 5.74) is 5.78. The molecule has 1 aliphatic heterocycles. The van der Waals surface area contributed by atoms with Crippen LogP contribution in [0.15, 0.2) is 179 Å². The van der Waals surface area contributed by atoms with E-state index >= 15 is 0 Å². The molecule has 0 unspecified atom stereocenters. The van der Waals surface area contributed by atoms with Crippen LogP contribution in [0.25, 0.3) is 39.9 Å². The minimum atomic E-state index is -0.349. The molecule has 5 aromatic rings. The summed E-state index contributed by atoms with van der Waals surface area (Å²) in [5, 5.41) is 13.4. The molecule has 0 saturated carbocycles. The van der Waals surface area contributed by atoms with E-state index in [1.54, 1.807) is 0 Å². The number of allylic oxidation sites excluding steroid dienone is 6. The maximum Gasteiger partial charge on any atom is 0.361 e.